The van der Waals surface area contributed by atoms with Crippen LogP contribution in [0.15, 0.2) is 4.42 Å². The summed E-state index contributed by atoms with van der Waals surface area (Å²) in [5.41, 5.74) is -5.20. The SMILES string of the molecule is [B]c1c([B])c(-c2c3c([B])c([B])c([B])c([B])c3c(-c3c([B])c([B])c4oc5c6c([B])c([B])c([B])c([B])c6c([B])c([B])c5c4c3[B])c3c([B])c([B])c([B])c([B])c23)c([B])c([B])c1-c1c([B])c([B])c2c(c1[B])c([B])c([B])c1c([B])c([B])c([B])c([B])c12. The first-order valence-electron chi connectivity index (χ1n) is 23.8. The zero-order valence-electron chi connectivity index (χ0n) is 42.7. The van der Waals surface area contributed by atoms with Crippen LogP contribution in [-0.2, 0) is 0 Å². The molecule has 1 aromatic heterocycles. The van der Waals surface area contributed by atoms with E-state index in [1.54, 1.807) is 0 Å². The molecule has 1 heterocycles. The van der Waals surface area contributed by atoms with Gasteiger partial charge >= 0.3 is 0 Å². The lowest BCUT2D eigenvalue weighted by Gasteiger charge is -2.33. The van der Waals surface area contributed by atoms with Crippen molar-refractivity contribution in [2.24, 2.45) is 0 Å². The molecule has 0 aliphatic heterocycles. The van der Waals surface area contributed by atoms with E-state index in [4.69, 9.17) is 240 Å². The van der Waals surface area contributed by atoms with Gasteiger partial charge in [0, 0.05) is 16.2 Å². The molecule has 0 aliphatic carbocycles. The van der Waals surface area contributed by atoms with Crippen molar-refractivity contribution in [2.75, 3.05) is 0 Å². The van der Waals surface area contributed by atoms with Crippen LogP contribution in [0.5, 0.6) is 0 Å². The number of rotatable bonds is 3. The summed E-state index contributed by atoms with van der Waals surface area (Å²) in [4.78, 5) is 0. The summed E-state index contributed by atoms with van der Waals surface area (Å²) in [6.07, 6.45) is 0. The quantitative estimate of drug-likeness (QED) is 0.0977. The molecule has 0 fully saturated rings. The van der Waals surface area contributed by atoms with Crippen LogP contribution < -0.4 is 164 Å². The fourth-order valence-corrected chi connectivity index (χ4v) is 11.8. The van der Waals surface area contributed by atoms with E-state index in [0.29, 0.717) is 0 Å². The van der Waals surface area contributed by atoms with Gasteiger partial charge in [-0.05, 0) is 81.9 Å². The molecular weight excluding hydrogens is 941 g/mol. The number of benzene rings is 10. The van der Waals surface area contributed by atoms with Gasteiger partial charge in [-0.1, -0.05) is 120 Å². The monoisotopic (exact) mass is 946 g/mol. The molecule has 0 unspecified atom stereocenters. The van der Waals surface area contributed by atoms with Crippen molar-refractivity contribution < 1.29 is 4.42 Å². The first-order valence-corrected chi connectivity index (χ1v) is 23.8. The van der Waals surface area contributed by atoms with Crippen molar-refractivity contribution in [3.05, 3.63) is 0 Å². The van der Waals surface area contributed by atoms with E-state index >= 15 is 0 Å². The molecule has 0 spiro atoms. The standard InChI is InChI=1S/C50B30O/c51-19-11-7(8-12(30(62)29(11)61)35(67)45(77)44(76)26(8)58)21(53)31(63)13(19)14-32(64)27(59)10(28(60)33(14)65)2-5-3(22(54)40(72)42(74)24(5)56)1(4-6(2)25(57)43(75)41(73)23(4)55)9-20(52)17-18-38(70)34(66)15-16(39(71)47(79)46(78)36(15)68)49(18)81-50(17)48(80)37(9)69. The minimum absolute atomic E-state index is 0.00963. The van der Waals surface area contributed by atoms with E-state index in [0.717, 1.165) is 0 Å². The predicted octanol–water partition coefficient (Wildman–Crippen LogP) is -21.8. The van der Waals surface area contributed by atoms with E-state index in [2.05, 4.69) is 0 Å². The van der Waals surface area contributed by atoms with E-state index in [1.165, 1.54) is 0 Å². The molecule has 10 aromatic carbocycles. The van der Waals surface area contributed by atoms with Crippen molar-refractivity contribution in [2.45, 2.75) is 0 Å². The molecular formula is C50B30O. The number of fused-ring (bicyclic) bond motifs is 10. The second kappa shape index (κ2) is 19.4. The molecule has 0 N–H and O–H groups in total. The van der Waals surface area contributed by atoms with Crippen LogP contribution >= 0.6 is 0 Å². The van der Waals surface area contributed by atoms with Gasteiger partial charge in [0.2, 0.25) is 0 Å². The van der Waals surface area contributed by atoms with Gasteiger partial charge < -0.3 is 4.42 Å². The Bertz CT molecular complexity index is 4820. The molecule has 0 saturated carbocycles. The van der Waals surface area contributed by atoms with Crippen LogP contribution in [0.2, 0.25) is 0 Å². The molecule has 60 radical (unpaired) electrons. The Morgan fingerprint density at radius 3 is 0.654 bits per heavy atom. The van der Waals surface area contributed by atoms with Crippen molar-refractivity contribution >= 4 is 475 Å². The number of hydrogen-bond donors (Lipinski definition) is 0. The van der Waals surface area contributed by atoms with Gasteiger partial charge in [-0.2, -0.15) is 0 Å². The summed E-state index contributed by atoms with van der Waals surface area (Å²) >= 11 is 0. The summed E-state index contributed by atoms with van der Waals surface area (Å²) in [5, 5.41) is 0.766. The summed E-state index contributed by atoms with van der Waals surface area (Å²) in [5.74, 6) is 0. The van der Waals surface area contributed by atoms with Crippen LogP contribution in [0.4, 0.5) is 0 Å². The second-order valence-corrected chi connectivity index (χ2v) is 19.9. The van der Waals surface area contributed by atoms with Crippen LogP contribution in [0.1, 0.15) is 0 Å². The fraction of sp³-hybridized carbons (Fsp3) is 0. The van der Waals surface area contributed by atoms with Gasteiger partial charge in [0.05, 0.1) is 0 Å². The molecule has 0 atom stereocenters. The largest absolute Gasteiger partial charge is 0.456 e. The average molecular weight is 941 g/mol. The molecule has 296 valence electrons. The third-order valence-corrected chi connectivity index (χ3v) is 16.0. The lowest BCUT2D eigenvalue weighted by Crippen LogP contribution is -2.52. The summed E-state index contributed by atoms with van der Waals surface area (Å²) in [6, 6.07) is 0. The van der Waals surface area contributed by atoms with E-state index < -0.39 is 0 Å². The maximum absolute atomic E-state index is 7.37. The fourth-order valence-electron chi connectivity index (χ4n) is 11.8. The zero-order valence-corrected chi connectivity index (χ0v) is 42.7. The molecule has 11 aromatic rings. The van der Waals surface area contributed by atoms with Crippen LogP contribution in [0, 0.1) is 0 Å². The van der Waals surface area contributed by atoms with Crippen molar-refractivity contribution in [3.63, 3.8) is 0 Å². The topological polar surface area (TPSA) is 13.1 Å². The minimum Gasteiger partial charge on any atom is -0.456 e. The second-order valence-electron chi connectivity index (χ2n) is 19.9. The third-order valence-electron chi connectivity index (χ3n) is 16.0. The Kier molecular flexibility index (Phi) is 13.9. The van der Waals surface area contributed by atoms with Crippen LogP contribution in [0.25, 0.3) is 109 Å². The average Bonchev–Trinajstić information content (AvgIpc) is 2.33. The van der Waals surface area contributed by atoms with Gasteiger partial charge in [-0.15, -0.1) is 43.7 Å². The first-order chi connectivity index (χ1) is 37.8. The van der Waals surface area contributed by atoms with Crippen molar-refractivity contribution in [1.29, 1.82) is 0 Å². The summed E-state index contributed by atoms with van der Waals surface area (Å²) in [7, 11) is 205. The molecule has 0 amide bonds. The maximum atomic E-state index is 7.37. The van der Waals surface area contributed by atoms with Crippen molar-refractivity contribution in [3.8, 4) is 33.4 Å². The first kappa shape index (κ1) is 58.0. The molecule has 1 nitrogen and oxygen atoms in total. The third kappa shape index (κ3) is 7.30. The molecule has 0 aliphatic rings. The zero-order chi connectivity index (χ0) is 59.6. The van der Waals surface area contributed by atoms with E-state index in [1.807, 2.05) is 0 Å². The highest BCUT2D eigenvalue weighted by molar-refractivity contribution is 6.79. The van der Waals surface area contributed by atoms with Crippen molar-refractivity contribution in [1.82, 2.24) is 0 Å². The van der Waals surface area contributed by atoms with Gasteiger partial charge in [-0.25, -0.2) is 0 Å². The highest BCUT2D eigenvalue weighted by atomic mass is 16.3. The maximum Gasteiger partial charge on any atom is 0.141 e. The lowest BCUT2D eigenvalue weighted by atomic mass is 9.55. The molecule has 31 heteroatoms. The molecule has 0 saturated heterocycles. The Morgan fingerprint density at radius 1 is 0.111 bits per heavy atom. The van der Waals surface area contributed by atoms with Gasteiger partial charge in [0.1, 0.15) is 247 Å². The van der Waals surface area contributed by atoms with Crippen LogP contribution in [0.3, 0.4) is 0 Å². The molecule has 81 heavy (non-hydrogen) atoms. The van der Waals surface area contributed by atoms with Gasteiger partial charge in [0.25, 0.3) is 0 Å². The highest BCUT2D eigenvalue weighted by Gasteiger charge is 2.32. The van der Waals surface area contributed by atoms with Crippen LogP contribution in [-0.4, -0.2) is 235 Å². The summed E-state index contributed by atoms with van der Waals surface area (Å²) < 4.78 is 6.48. The van der Waals surface area contributed by atoms with Gasteiger partial charge in [0.15, 0.2) is 0 Å². The number of furan rings is 1. The minimum atomic E-state index is -0.297. The highest BCUT2D eigenvalue weighted by Crippen LogP contribution is 2.40. The Labute approximate surface area is 509 Å². The Hall–Kier alpha value is -4.75. The normalized spacial score (nSPS) is 12.0. The van der Waals surface area contributed by atoms with E-state index in [9.17, 15) is 0 Å². The lowest BCUT2D eigenvalue weighted by molar-refractivity contribution is 0.676. The molecule has 11 rings (SSSR count). The van der Waals surface area contributed by atoms with E-state index in [-0.39, 0.29) is 273 Å². The smallest absolute Gasteiger partial charge is 0.141 e. The molecule has 0 bridgehead atoms. The Balaban J connectivity index is 1.33. The number of hydrogen-bond acceptors (Lipinski definition) is 1. The summed E-state index contributed by atoms with van der Waals surface area (Å²) in [6.45, 7) is 0. The Morgan fingerprint density at radius 2 is 0.284 bits per heavy atom. The van der Waals surface area contributed by atoms with Gasteiger partial charge in [-0.3, -0.25) is 0 Å². The predicted molar refractivity (Wildman–Crippen MR) is 379 cm³/mol.